The Hall–Kier alpha value is -1.47. The Morgan fingerprint density at radius 2 is 2.32 bits per heavy atom. The predicted octanol–water partition coefficient (Wildman–Crippen LogP) is -0.153. The van der Waals surface area contributed by atoms with E-state index in [0.717, 1.165) is 0 Å². The summed E-state index contributed by atoms with van der Waals surface area (Å²) in [5.41, 5.74) is 6.55. The molecule has 0 radical (unpaired) electrons. The van der Waals surface area contributed by atoms with Gasteiger partial charge in [0.2, 0.25) is 0 Å². The second kappa shape index (κ2) is 5.66. The minimum absolute atomic E-state index is 0.0214. The van der Waals surface area contributed by atoms with Crippen LogP contribution >= 0.6 is 0 Å². The smallest absolute Gasteiger partial charge is 0.251 e. The first-order chi connectivity index (χ1) is 9.00. The van der Waals surface area contributed by atoms with Gasteiger partial charge in [-0.05, 0) is 25.0 Å². The van der Waals surface area contributed by atoms with Crippen molar-refractivity contribution in [3.63, 3.8) is 0 Å². The van der Waals surface area contributed by atoms with Crippen molar-refractivity contribution in [3.8, 4) is 0 Å². The van der Waals surface area contributed by atoms with Crippen LogP contribution in [0.25, 0.3) is 0 Å². The van der Waals surface area contributed by atoms with E-state index in [9.17, 15) is 13.2 Å². The van der Waals surface area contributed by atoms with Crippen LogP contribution in [-0.4, -0.2) is 36.9 Å². The molecule has 0 aliphatic carbocycles. The molecular weight excluding hydrogens is 266 g/mol. The highest BCUT2D eigenvalue weighted by Gasteiger charge is 2.26. The predicted molar refractivity (Wildman–Crippen MR) is 71.3 cm³/mol. The van der Waals surface area contributed by atoms with E-state index in [1.807, 2.05) is 0 Å². The lowest BCUT2D eigenvalue weighted by molar-refractivity contribution is 0.0938. The van der Waals surface area contributed by atoms with Crippen molar-refractivity contribution in [1.29, 1.82) is 0 Å². The topological polar surface area (TPSA) is 102 Å². The summed E-state index contributed by atoms with van der Waals surface area (Å²) in [6.45, 7) is 0.263. The normalized spacial score (nSPS) is 21.8. The van der Waals surface area contributed by atoms with E-state index in [2.05, 4.69) is 10.3 Å². The fraction of sp³-hybridized carbons (Fsp3) is 0.500. The number of sulfone groups is 1. The zero-order valence-electron chi connectivity index (χ0n) is 10.5. The molecule has 6 nitrogen and oxygen atoms in total. The second-order valence-electron chi connectivity index (χ2n) is 4.67. The van der Waals surface area contributed by atoms with Crippen LogP contribution in [0.3, 0.4) is 0 Å². The van der Waals surface area contributed by atoms with E-state index < -0.39 is 9.84 Å². The molecule has 1 aliphatic heterocycles. The number of rotatable bonds is 3. The average molecular weight is 283 g/mol. The Kier molecular flexibility index (Phi) is 4.16. The minimum atomic E-state index is -3.02. The highest BCUT2D eigenvalue weighted by molar-refractivity contribution is 7.91. The second-order valence-corrected chi connectivity index (χ2v) is 6.90. The molecule has 1 aromatic heterocycles. The van der Waals surface area contributed by atoms with Crippen molar-refractivity contribution in [2.45, 2.75) is 25.4 Å². The lowest BCUT2D eigenvalue weighted by Crippen LogP contribution is -2.43. The summed E-state index contributed by atoms with van der Waals surface area (Å²) in [6.07, 6.45) is 2.81. The first-order valence-corrected chi connectivity index (χ1v) is 7.98. The van der Waals surface area contributed by atoms with Gasteiger partial charge in [0, 0.05) is 24.3 Å². The number of hydrogen-bond acceptors (Lipinski definition) is 5. The van der Waals surface area contributed by atoms with Gasteiger partial charge in [0.15, 0.2) is 9.84 Å². The third kappa shape index (κ3) is 3.74. The van der Waals surface area contributed by atoms with Gasteiger partial charge in [-0.1, -0.05) is 0 Å². The highest BCUT2D eigenvalue weighted by atomic mass is 32.2. The maximum atomic E-state index is 12.0. The van der Waals surface area contributed by atoms with Gasteiger partial charge >= 0.3 is 0 Å². The molecule has 7 heteroatoms. The first-order valence-electron chi connectivity index (χ1n) is 6.16. The lowest BCUT2D eigenvalue weighted by Gasteiger charge is -2.23. The summed E-state index contributed by atoms with van der Waals surface area (Å²) >= 11 is 0. The molecule has 3 N–H and O–H groups in total. The van der Waals surface area contributed by atoms with Crippen molar-refractivity contribution in [2.24, 2.45) is 5.73 Å². The zero-order chi connectivity index (χ0) is 13.9. The molecule has 19 heavy (non-hydrogen) atoms. The molecule has 1 saturated heterocycles. The van der Waals surface area contributed by atoms with Gasteiger partial charge in [-0.25, -0.2) is 8.42 Å². The number of pyridine rings is 1. The third-order valence-electron chi connectivity index (χ3n) is 3.09. The van der Waals surface area contributed by atoms with Gasteiger partial charge in [0.05, 0.1) is 17.2 Å². The molecule has 0 saturated carbocycles. The molecule has 1 atom stereocenters. The maximum Gasteiger partial charge on any atom is 0.251 e. The quantitative estimate of drug-likeness (QED) is 0.803. The van der Waals surface area contributed by atoms with E-state index >= 15 is 0 Å². The largest absolute Gasteiger partial charge is 0.348 e. The van der Waals surface area contributed by atoms with Crippen LogP contribution in [0.5, 0.6) is 0 Å². The van der Waals surface area contributed by atoms with Crippen molar-refractivity contribution < 1.29 is 13.2 Å². The molecule has 1 amide bonds. The molecule has 2 rings (SSSR count). The summed E-state index contributed by atoms with van der Waals surface area (Å²) < 4.78 is 23.0. The van der Waals surface area contributed by atoms with Crippen molar-refractivity contribution >= 4 is 15.7 Å². The van der Waals surface area contributed by atoms with Crippen molar-refractivity contribution in [3.05, 3.63) is 29.6 Å². The van der Waals surface area contributed by atoms with Crippen LogP contribution in [0, 0.1) is 0 Å². The summed E-state index contributed by atoms with van der Waals surface area (Å²) in [5.74, 6) is -0.0429. The SMILES string of the molecule is NCc1cc(C(=O)NC2CCCS(=O)(=O)C2)ccn1. The molecule has 1 aliphatic rings. The number of hydrogen-bond donors (Lipinski definition) is 2. The van der Waals surface area contributed by atoms with Gasteiger partial charge in [-0.3, -0.25) is 9.78 Å². The summed E-state index contributed by atoms with van der Waals surface area (Å²) in [7, 11) is -3.02. The Balaban J connectivity index is 2.04. The molecule has 1 fully saturated rings. The monoisotopic (exact) mass is 283 g/mol. The minimum Gasteiger partial charge on any atom is -0.348 e. The van der Waals surface area contributed by atoms with Crippen molar-refractivity contribution in [2.75, 3.05) is 11.5 Å². The average Bonchev–Trinajstić information content (AvgIpc) is 2.37. The van der Waals surface area contributed by atoms with Crippen LogP contribution in [0.2, 0.25) is 0 Å². The number of aromatic nitrogens is 1. The van der Waals surface area contributed by atoms with E-state index in [1.54, 1.807) is 12.1 Å². The lowest BCUT2D eigenvalue weighted by atomic mass is 10.1. The molecule has 104 valence electrons. The molecule has 2 heterocycles. The standard InChI is InChI=1S/C12H17N3O3S/c13-7-11-6-9(3-4-14-11)12(16)15-10-2-1-5-19(17,18)8-10/h3-4,6,10H,1-2,5,7-8,13H2,(H,15,16). The summed E-state index contributed by atoms with van der Waals surface area (Å²) in [6, 6.07) is 2.90. The van der Waals surface area contributed by atoms with E-state index in [1.165, 1.54) is 6.20 Å². The Morgan fingerprint density at radius 3 is 3.00 bits per heavy atom. The van der Waals surface area contributed by atoms with E-state index in [0.29, 0.717) is 24.1 Å². The van der Waals surface area contributed by atoms with Crippen molar-refractivity contribution in [1.82, 2.24) is 10.3 Å². The highest BCUT2D eigenvalue weighted by Crippen LogP contribution is 2.13. The molecule has 0 aromatic carbocycles. The number of nitrogens with one attached hydrogen (secondary N) is 1. The van der Waals surface area contributed by atoms with Gasteiger partial charge < -0.3 is 11.1 Å². The molecule has 1 unspecified atom stereocenters. The fourth-order valence-corrected chi connectivity index (χ4v) is 3.77. The van der Waals surface area contributed by atoms with E-state index in [4.69, 9.17) is 5.73 Å². The molecule has 0 bridgehead atoms. The fourth-order valence-electron chi connectivity index (χ4n) is 2.14. The first kappa shape index (κ1) is 14.0. The van der Waals surface area contributed by atoms with Gasteiger partial charge in [-0.2, -0.15) is 0 Å². The van der Waals surface area contributed by atoms with Crippen LogP contribution in [-0.2, 0) is 16.4 Å². The Bertz CT molecular complexity index is 571. The van der Waals surface area contributed by atoms with Crippen LogP contribution in [0.15, 0.2) is 18.3 Å². The number of amides is 1. The van der Waals surface area contributed by atoms with E-state index in [-0.39, 0.29) is 30.0 Å². The molecule has 0 spiro atoms. The number of nitrogens with zero attached hydrogens (tertiary/aromatic N) is 1. The van der Waals surface area contributed by atoms with Gasteiger partial charge in [0.25, 0.3) is 5.91 Å². The number of nitrogens with two attached hydrogens (primary N) is 1. The number of carbonyl (C=O) groups excluding carboxylic acids is 1. The third-order valence-corrected chi connectivity index (χ3v) is 4.91. The van der Waals surface area contributed by atoms with Gasteiger partial charge in [-0.15, -0.1) is 0 Å². The number of carbonyl (C=O) groups is 1. The summed E-state index contributed by atoms with van der Waals surface area (Å²) in [4.78, 5) is 16.0. The molecular formula is C12H17N3O3S. The van der Waals surface area contributed by atoms with Crippen LogP contribution in [0.4, 0.5) is 0 Å². The molecule has 1 aromatic rings. The van der Waals surface area contributed by atoms with Crippen LogP contribution in [0.1, 0.15) is 28.9 Å². The van der Waals surface area contributed by atoms with Crippen LogP contribution < -0.4 is 11.1 Å². The summed E-state index contributed by atoms with van der Waals surface area (Å²) in [5, 5.41) is 2.76. The zero-order valence-corrected chi connectivity index (χ0v) is 11.3. The Morgan fingerprint density at radius 1 is 1.53 bits per heavy atom. The maximum absolute atomic E-state index is 12.0. The van der Waals surface area contributed by atoms with Gasteiger partial charge in [0.1, 0.15) is 0 Å². The Labute approximate surface area is 112 Å².